The van der Waals surface area contributed by atoms with Crippen molar-refractivity contribution in [3.8, 4) is 0 Å². The molecule has 160 valence electrons. The number of carboxylic acids is 1. The van der Waals surface area contributed by atoms with Crippen LogP contribution in [0, 0.1) is 5.41 Å². The second-order valence-electron chi connectivity index (χ2n) is 7.53. The monoisotopic (exact) mass is 402 g/mol. The highest BCUT2D eigenvalue weighted by molar-refractivity contribution is 5.66. The number of aliphatic carboxylic acids is 1. The molecule has 0 aromatic rings. The Kier molecular flexibility index (Phi) is 13.3. The zero-order valence-electron chi connectivity index (χ0n) is 16.8. The van der Waals surface area contributed by atoms with Gasteiger partial charge in [0.2, 0.25) is 0 Å². The molecule has 0 aliphatic rings. The predicted octanol–water partition coefficient (Wildman–Crippen LogP) is 6.37. The van der Waals surface area contributed by atoms with Crippen LogP contribution in [0.5, 0.6) is 0 Å². The summed E-state index contributed by atoms with van der Waals surface area (Å²) in [7, 11) is 0. The maximum absolute atomic E-state index is 12.0. The Morgan fingerprint density at radius 2 is 1.50 bits per heavy atom. The lowest BCUT2D eigenvalue weighted by Crippen LogP contribution is -2.08. The molecule has 0 bridgehead atoms. The molecule has 3 nitrogen and oxygen atoms in total. The lowest BCUT2D eigenvalue weighted by atomic mass is 9.87. The smallest absolute Gasteiger partial charge is 0.389 e. The van der Waals surface area contributed by atoms with Gasteiger partial charge in [-0.3, -0.25) is 4.79 Å². The van der Waals surface area contributed by atoms with Gasteiger partial charge < -0.3 is 10.2 Å². The van der Waals surface area contributed by atoms with Gasteiger partial charge in [-0.05, 0) is 31.1 Å². The number of unbranched alkanes of at least 4 members (excludes halogenated alkanes) is 2. The summed E-state index contributed by atoms with van der Waals surface area (Å²) in [4.78, 5) is 10.5. The Bertz CT molecular complexity index is 544. The number of aliphatic hydroxyl groups is 1. The third-order valence-electron chi connectivity index (χ3n) is 4.11. The highest BCUT2D eigenvalue weighted by Gasteiger charge is 2.25. The van der Waals surface area contributed by atoms with Gasteiger partial charge in [-0.25, -0.2) is 0 Å². The fraction of sp³-hybridized carbons (Fsp3) is 0.591. The maximum Gasteiger partial charge on any atom is 0.389 e. The van der Waals surface area contributed by atoms with Crippen molar-refractivity contribution in [1.82, 2.24) is 0 Å². The molecule has 0 fully saturated rings. The van der Waals surface area contributed by atoms with Gasteiger partial charge in [0.1, 0.15) is 0 Å². The number of aliphatic hydroxyl groups excluding tert-OH is 1. The van der Waals surface area contributed by atoms with E-state index in [-0.39, 0.29) is 18.3 Å². The second-order valence-corrected chi connectivity index (χ2v) is 7.53. The first kappa shape index (κ1) is 26.2. The minimum Gasteiger partial charge on any atom is -0.481 e. The fourth-order valence-electron chi connectivity index (χ4n) is 2.50. The van der Waals surface area contributed by atoms with Crippen molar-refractivity contribution in [2.75, 3.05) is 0 Å². The summed E-state index contributed by atoms with van der Waals surface area (Å²) in [6.07, 6.45) is 12.3. The van der Waals surface area contributed by atoms with Crippen LogP contribution in [-0.2, 0) is 4.79 Å². The van der Waals surface area contributed by atoms with Crippen LogP contribution < -0.4 is 0 Å². The van der Waals surface area contributed by atoms with Gasteiger partial charge in [0.25, 0.3) is 0 Å². The minimum absolute atomic E-state index is 0.0619. The fourth-order valence-corrected chi connectivity index (χ4v) is 2.50. The van der Waals surface area contributed by atoms with E-state index in [0.717, 1.165) is 6.42 Å². The molecule has 0 saturated carbocycles. The van der Waals surface area contributed by atoms with Crippen LogP contribution in [0.1, 0.15) is 65.2 Å². The zero-order chi connectivity index (χ0) is 21.5. The third kappa shape index (κ3) is 19.0. The minimum atomic E-state index is -4.10. The molecule has 6 heteroatoms. The topological polar surface area (TPSA) is 57.5 Å². The van der Waals surface area contributed by atoms with Crippen molar-refractivity contribution < 1.29 is 28.2 Å². The second kappa shape index (κ2) is 14.2. The van der Waals surface area contributed by atoms with Crippen molar-refractivity contribution in [3.05, 3.63) is 48.6 Å². The van der Waals surface area contributed by atoms with Gasteiger partial charge in [0.05, 0.1) is 6.10 Å². The van der Waals surface area contributed by atoms with Gasteiger partial charge in [0, 0.05) is 12.8 Å². The van der Waals surface area contributed by atoms with Crippen LogP contribution in [0.4, 0.5) is 13.2 Å². The molecule has 0 rings (SSSR count). The molecule has 0 radical (unpaired) electrons. The van der Waals surface area contributed by atoms with E-state index < -0.39 is 24.7 Å². The predicted molar refractivity (Wildman–Crippen MR) is 107 cm³/mol. The number of carbonyl (C=O) groups is 1. The van der Waals surface area contributed by atoms with E-state index in [1.807, 2.05) is 30.4 Å². The molecule has 0 aromatic heterocycles. The quantitative estimate of drug-likeness (QED) is 0.262. The summed E-state index contributed by atoms with van der Waals surface area (Å²) < 4.78 is 36.0. The maximum atomic E-state index is 12.0. The Labute approximate surface area is 166 Å². The Morgan fingerprint density at radius 3 is 2.11 bits per heavy atom. The van der Waals surface area contributed by atoms with E-state index >= 15 is 0 Å². The number of allylic oxidation sites excluding steroid dienone is 7. The van der Waals surface area contributed by atoms with Crippen LogP contribution in [0.25, 0.3) is 0 Å². The molecule has 0 unspecified atom stereocenters. The van der Waals surface area contributed by atoms with Crippen LogP contribution in [0.2, 0.25) is 0 Å². The standard InChI is InChI=1S/C22H33F3O3/c1-21(2,17-12-15-20(27)28)16-10-6-4-3-5-8-13-19(26)14-9-7-11-18-22(23,24)25/h3-6,8,10,13,16,19,26H,7,9,11-12,14-15,17-18H2,1-2H3,(H,27,28)/b5-3+,6-4-,13-8+,16-10+/t19-/m1/s1. The van der Waals surface area contributed by atoms with Crippen LogP contribution in [0.15, 0.2) is 48.6 Å². The van der Waals surface area contributed by atoms with Crippen LogP contribution in [-0.4, -0.2) is 28.5 Å². The zero-order valence-corrected chi connectivity index (χ0v) is 16.8. The first-order valence-corrected chi connectivity index (χ1v) is 9.68. The van der Waals surface area contributed by atoms with Crippen molar-refractivity contribution in [3.63, 3.8) is 0 Å². The van der Waals surface area contributed by atoms with Gasteiger partial charge in [0.15, 0.2) is 0 Å². The Balaban J connectivity index is 3.97. The number of hydrogen-bond donors (Lipinski definition) is 2. The highest BCUT2D eigenvalue weighted by atomic mass is 19.4. The molecule has 0 heterocycles. The summed E-state index contributed by atoms with van der Waals surface area (Å²) in [5.74, 6) is -0.774. The number of rotatable bonds is 14. The summed E-state index contributed by atoms with van der Waals surface area (Å²) >= 11 is 0. The lowest BCUT2D eigenvalue weighted by Gasteiger charge is -2.19. The summed E-state index contributed by atoms with van der Waals surface area (Å²) in [6.45, 7) is 4.12. The first-order chi connectivity index (χ1) is 13.0. The van der Waals surface area contributed by atoms with E-state index in [4.69, 9.17) is 5.11 Å². The molecule has 0 aliphatic carbocycles. The lowest BCUT2D eigenvalue weighted by molar-refractivity contribution is -0.137. The van der Waals surface area contributed by atoms with Crippen molar-refractivity contribution >= 4 is 5.97 Å². The Morgan fingerprint density at radius 1 is 0.893 bits per heavy atom. The van der Waals surface area contributed by atoms with Gasteiger partial charge in [-0.1, -0.05) is 75.3 Å². The SMILES string of the molecule is CC(C)(/C=C/C=C\C=C\C=C\[C@@H](O)CCCCCC(F)(F)F)CCCC(=O)O. The molecule has 0 aromatic carbocycles. The number of halogens is 3. The van der Waals surface area contributed by atoms with E-state index in [0.29, 0.717) is 25.7 Å². The molecule has 2 N–H and O–H groups in total. The Hall–Kier alpha value is -1.82. The van der Waals surface area contributed by atoms with Gasteiger partial charge >= 0.3 is 12.1 Å². The average Bonchev–Trinajstić information content (AvgIpc) is 2.55. The molecule has 28 heavy (non-hydrogen) atoms. The highest BCUT2D eigenvalue weighted by Crippen LogP contribution is 2.25. The van der Waals surface area contributed by atoms with Gasteiger partial charge in [-0.15, -0.1) is 0 Å². The van der Waals surface area contributed by atoms with E-state index in [1.165, 1.54) is 0 Å². The van der Waals surface area contributed by atoms with E-state index in [9.17, 15) is 23.1 Å². The summed E-state index contributed by atoms with van der Waals surface area (Å²) in [5, 5.41) is 18.4. The van der Waals surface area contributed by atoms with Crippen LogP contribution >= 0.6 is 0 Å². The number of hydrogen-bond acceptors (Lipinski definition) is 2. The molecule has 0 saturated heterocycles. The van der Waals surface area contributed by atoms with E-state index in [2.05, 4.69) is 13.8 Å². The first-order valence-electron chi connectivity index (χ1n) is 9.68. The van der Waals surface area contributed by atoms with E-state index in [1.54, 1.807) is 18.2 Å². The molecule has 0 amide bonds. The van der Waals surface area contributed by atoms with Crippen molar-refractivity contribution in [2.45, 2.75) is 77.5 Å². The largest absolute Gasteiger partial charge is 0.481 e. The number of carboxylic acid groups (broad SMARTS) is 1. The van der Waals surface area contributed by atoms with Gasteiger partial charge in [-0.2, -0.15) is 13.2 Å². The normalized spacial score (nSPS) is 14.8. The van der Waals surface area contributed by atoms with Crippen LogP contribution in [0.3, 0.4) is 0 Å². The molecular formula is C22H33F3O3. The summed E-state index contributed by atoms with van der Waals surface area (Å²) in [6, 6.07) is 0. The average molecular weight is 402 g/mol. The van der Waals surface area contributed by atoms with Crippen molar-refractivity contribution in [1.29, 1.82) is 0 Å². The molecular weight excluding hydrogens is 369 g/mol. The molecule has 0 spiro atoms. The number of alkyl halides is 3. The molecule has 1 atom stereocenters. The summed E-state index contributed by atoms with van der Waals surface area (Å²) in [5.41, 5.74) is -0.0619. The molecule has 0 aliphatic heterocycles. The third-order valence-corrected chi connectivity index (χ3v) is 4.11. The van der Waals surface area contributed by atoms with Crippen molar-refractivity contribution in [2.24, 2.45) is 5.41 Å².